The van der Waals surface area contributed by atoms with Crippen molar-refractivity contribution in [3.8, 4) is 0 Å². The lowest BCUT2D eigenvalue weighted by atomic mass is 10.1. The van der Waals surface area contributed by atoms with Gasteiger partial charge in [0, 0.05) is 5.56 Å². The first kappa shape index (κ1) is 17.5. The van der Waals surface area contributed by atoms with Gasteiger partial charge in [-0.25, -0.2) is 15.0 Å². The van der Waals surface area contributed by atoms with E-state index in [9.17, 15) is 20.1 Å². The molecular formula is C17H17N5O5. The van der Waals surface area contributed by atoms with E-state index < -0.39 is 36.9 Å². The van der Waals surface area contributed by atoms with Crippen molar-refractivity contribution >= 4 is 22.8 Å². The maximum Gasteiger partial charge on any atom is 0.230 e. The molecule has 0 amide bonds. The maximum absolute atomic E-state index is 12.6. The molecule has 0 aliphatic carbocycles. The monoisotopic (exact) mass is 371 g/mol. The molecule has 0 saturated carbocycles. The van der Waals surface area contributed by atoms with Gasteiger partial charge in [-0.3, -0.25) is 9.36 Å². The number of nitrogens with zero attached hydrogens (tertiary/aromatic N) is 4. The highest BCUT2D eigenvalue weighted by Gasteiger charge is 2.44. The Balaban J connectivity index is 1.78. The summed E-state index contributed by atoms with van der Waals surface area (Å²) in [5.41, 5.74) is 6.74. The largest absolute Gasteiger partial charge is 0.394 e. The molecule has 3 heterocycles. The normalized spacial score (nSPS) is 25.1. The Bertz CT molecular complexity index is 992. The molecule has 4 atom stereocenters. The summed E-state index contributed by atoms with van der Waals surface area (Å²) in [6.07, 6.45) is -3.26. The van der Waals surface area contributed by atoms with Crippen LogP contribution in [0.1, 0.15) is 22.4 Å². The van der Waals surface area contributed by atoms with Crippen molar-refractivity contribution in [3.63, 3.8) is 0 Å². The van der Waals surface area contributed by atoms with Crippen LogP contribution in [0.15, 0.2) is 36.7 Å². The van der Waals surface area contributed by atoms with E-state index in [4.69, 9.17) is 10.5 Å². The second-order valence-corrected chi connectivity index (χ2v) is 6.18. The predicted octanol–water partition coefficient (Wildman–Crippen LogP) is -0.749. The molecule has 4 rings (SSSR count). The van der Waals surface area contributed by atoms with E-state index in [1.165, 1.54) is 10.9 Å². The minimum Gasteiger partial charge on any atom is -0.394 e. The number of ether oxygens (including phenoxy) is 1. The van der Waals surface area contributed by atoms with E-state index in [-0.39, 0.29) is 22.8 Å². The number of aromatic nitrogens is 4. The van der Waals surface area contributed by atoms with E-state index in [0.29, 0.717) is 5.56 Å². The van der Waals surface area contributed by atoms with Crippen LogP contribution in [0.5, 0.6) is 0 Å². The maximum atomic E-state index is 12.6. The number of aliphatic hydroxyl groups excluding tert-OH is 3. The number of ketones is 1. The first-order chi connectivity index (χ1) is 13.0. The lowest BCUT2D eigenvalue weighted by molar-refractivity contribution is -0.0511. The fourth-order valence-electron chi connectivity index (χ4n) is 3.05. The zero-order valence-electron chi connectivity index (χ0n) is 14.0. The second-order valence-electron chi connectivity index (χ2n) is 6.18. The number of carbonyl (C=O) groups excluding carboxylic acids is 1. The highest BCUT2D eigenvalue weighted by molar-refractivity contribution is 6.07. The minimum atomic E-state index is -1.32. The third-order valence-corrected chi connectivity index (χ3v) is 4.48. The Kier molecular flexibility index (Phi) is 4.32. The zero-order valence-corrected chi connectivity index (χ0v) is 14.0. The van der Waals surface area contributed by atoms with E-state index in [0.717, 1.165) is 0 Å². The van der Waals surface area contributed by atoms with Crippen LogP contribution in [0.3, 0.4) is 0 Å². The zero-order chi connectivity index (χ0) is 19.1. The van der Waals surface area contributed by atoms with Crippen LogP contribution < -0.4 is 5.73 Å². The van der Waals surface area contributed by atoms with Crippen molar-refractivity contribution in [2.45, 2.75) is 24.5 Å². The van der Waals surface area contributed by atoms with Crippen molar-refractivity contribution in [1.29, 1.82) is 0 Å². The van der Waals surface area contributed by atoms with Crippen molar-refractivity contribution in [2.24, 2.45) is 0 Å². The van der Waals surface area contributed by atoms with E-state index >= 15 is 0 Å². The van der Waals surface area contributed by atoms with Gasteiger partial charge in [-0.15, -0.1) is 0 Å². The number of nitrogen functional groups attached to an aromatic ring is 1. The fraction of sp³-hybridized carbons (Fsp3) is 0.294. The standard InChI is InChI=1S/C17H17N5O5/c18-14-10-16(21-15(20-14)11(24)8-4-2-1-3-5-8)22(7-19-10)17-13(26)12(25)9(6-23)27-17/h1-5,7,9,12-13,17,23,25-26H,6H2,(H2,18,20,21)/t9-,12-,13+,17-/m1/s1. The molecule has 10 nitrogen and oxygen atoms in total. The van der Waals surface area contributed by atoms with Gasteiger partial charge in [-0.1, -0.05) is 30.3 Å². The lowest BCUT2D eigenvalue weighted by Crippen LogP contribution is -2.33. The molecule has 0 radical (unpaired) electrons. The summed E-state index contributed by atoms with van der Waals surface area (Å²) < 4.78 is 6.86. The first-order valence-corrected chi connectivity index (χ1v) is 8.23. The number of nitrogens with two attached hydrogens (primary N) is 1. The van der Waals surface area contributed by atoms with Crippen molar-refractivity contribution in [1.82, 2.24) is 19.5 Å². The van der Waals surface area contributed by atoms with Crippen molar-refractivity contribution in [2.75, 3.05) is 12.3 Å². The van der Waals surface area contributed by atoms with E-state index in [1.54, 1.807) is 30.3 Å². The van der Waals surface area contributed by atoms with Crippen LogP contribution in [-0.4, -0.2) is 65.5 Å². The first-order valence-electron chi connectivity index (χ1n) is 8.23. The van der Waals surface area contributed by atoms with Gasteiger partial charge in [0.25, 0.3) is 0 Å². The molecule has 10 heteroatoms. The second kappa shape index (κ2) is 6.67. The quantitative estimate of drug-likeness (QED) is 0.433. The summed E-state index contributed by atoms with van der Waals surface area (Å²) in [4.78, 5) is 25.0. The Hall–Kier alpha value is -2.92. The van der Waals surface area contributed by atoms with E-state index in [1.807, 2.05) is 0 Å². The number of anilines is 1. The van der Waals surface area contributed by atoms with Gasteiger partial charge in [0.05, 0.1) is 12.9 Å². The summed E-state index contributed by atoms with van der Waals surface area (Å²) >= 11 is 0. The Morgan fingerprint density at radius 3 is 2.59 bits per heavy atom. The Morgan fingerprint density at radius 1 is 1.19 bits per heavy atom. The van der Waals surface area contributed by atoms with Crippen molar-refractivity contribution in [3.05, 3.63) is 48.0 Å². The molecule has 1 fully saturated rings. The molecule has 140 valence electrons. The lowest BCUT2D eigenvalue weighted by Gasteiger charge is -2.16. The number of carbonyl (C=O) groups is 1. The average molecular weight is 371 g/mol. The third kappa shape index (κ3) is 2.84. The molecule has 1 saturated heterocycles. The molecule has 3 aromatic rings. The summed E-state index contributed by atoms with van der Waals surface area (Å²) in [5.74, 6) is -0.539. The molecule has 1 aromatic carbocycles. The molecule has 5 N–H and O–H groups in total. The number of benzene rings is 1. The minimum absolute atomic E-state index is 0.00442. The smallest absolute Gasteiger partial charge is 0.230 e. The highest BCUT2D eigenvalue weighted by atomic mass is 16.6. The summed E-state index contributed by atoms with van der Waals surface area (Å²) in [6, 6.07) is 8.49. The number of hydrogen-bond acceptors (Lipinski definition) is 9. The van der Waals surface area contributed by atoms with Gasteiger partial charge in [-0.05, 0) is 0 Å². The molecule has 0 spiro atoms. The molecule has 27 heavy (non-hydrogen) atoms. The molecule has 0 bridgehead atoms. The van der Waals surface area contributed by atoms with Gasteiger partial charge >= 0.3 is 0 Å². The molecule has 0 unspecified atom stereocenters. The van der Waals surface area contributed by atoms with Gasteiger partial charge in [0.1, 0.15) is 23.8 Å². The SMILES string of the molecule is Nc1nc(C(=O)c2ccccc2)nc2c1ncn2[C@@H]1O[C@H](CO)[C@@H](O)[C@@H]1O. The van der Waals surface area contributed by atoms with Crippen LogP contribution in [0.2, 0.25) is 0 Å². The van der Waals surface area contributed by atoms with Crippen molar-refractivity contribution < 1.29 is 24.9 Å². The molecule has 1 aliphatic heterocycles. The van der Waals surface area contributed by atoms with Crippen LogP contribution >= 0.6 is 0 Å². The topological polar surface area (TPSA) is 157 Å². The predicted molar refractivity (Wildman–Crippen MR) is 92.6 cm³/mol. The van der Waals surface area contributed by atoms with Crippen LogP contribution in [-0.2, 0) is 4.74 Å². The number of hydrogen-bond donors (Lipinski definition) is 4. The molecular weight excluding hydrogens is 354 g/mol. The summed E-state index contributed by atoms with van der Waals surface area (Å²) in [7, 11) is 0. The van der Waals surface area contributed by atoms with E-state index in [2.05, 4.69) is 15.0 Å². The fourth-order valence-corrected chi connectivity index (χ4v) is 3.05. The van der Waals surface area contributed by atoms with Gasteiger partial charge in [-0.2, -0.15) is 0 Å². The van der Waals surface area contributed by atoms with Crippen LogP contribution in [0.25, 0.3) is 11.2 Å². The highest BCUT2D eigenvalue weighted by Crippen LogP contribution is 2.32. The van der Waals surface area contributed by atoms with Crippen LogP contribution in [0, 0.1) is 0 Å². The number of imidazole rings is 1. The molecule has 1 aliphatic rings. The van der Waals surface area contributed by atoms with Crippen LogP contribution in [0.4, 0.5) is 5.82 Å². The molecule has 2 aromatic heterocycles. The number of fused-ring (bicyclic) bond motifs is 1. The Morgan fingerprint density at radius 2 is 1.93 bits per heavy atom. The third-order valence-electron chi connectivity index (χ3n) is 4.48. The van der Waals surface area contributed by atoms with Gasteiger partial charge < -0.3 is 25.8 Å². The summed E-state index contributed by atoms with van der Waals surface area (Å²) in [6.45, 7) is -0.462. The van der Waals surface area contributed by atoms with Gasteiger partial charge in [0.2, 0.25) is 11.6 Å². The van der Waals surface area contributed by atoms with Gasteiger partial charge in [0.15, 0.2) is 17.7 Å². The number of aliphatic hydroxyl groups is 3. The Labute approximate surface area is 152 Å². The average Bonchev–Trinajstić information content (AvgIpc) is 3.23. The number of rotatable bonds is 4. The summed E-state index contributed by atoms with van der Waals surface area (Å²) in [5, 5.41) is 29.5.